The maximum absolute atomic E-state index is 12.7. The number of nitrogens with one attached hydrogen (secondary N) is 2. The summed E-state index contributed by atoms with van der Waals surface area (Å²) in [6, 6.07) is 12.7. The number of hydroxylamine groups is 1. The number of unbranched alkanes of at least 4 members (excludes halogenated alkanes) is 1. The number of amides is 3. The lowest BCUT2D eigenvalue weighted by molar-refractivity contribution is -0.140. The van der Waals surface area contributed by atoms with Crippen LogP contribution in [-0.4, -0.2) is 66.3 Å². The quantitative estimate of drug-likeness (QED) is 0.194. The molecular formula is C22H27N3O6. The third-order valence-corrected chi connectivity index (χ3v) is 4.70. The van der Waals surface area contributed by atoms with E-state index in [9.17, 15) is 14.4 Å². The molecule has 0 saturated carbocycles. The van der Waals surface area contributed by atoms with Crippen molar-refractivity contribution >= 4 is 17.7 Å². The summed E-state index contributed by atoms with van der Waals surface area (Å²) < 4.78 is 5.61. The Labute approximate surface area is 180 Å². The number of hydrogen-bond acceptors (Lipinski definition) is 6. The van der Waals surface area contributed by atoms with Crippen molar-refractivity contribution in [2.75, 3.05) is 27.3 Å². The molecule has 0 saturated heterocycles. The number of carbonyl (C=O) groups excluding carboxylic acids is 3. The summed E-state index contributed by atoms with van der Waals surface area (Å²) in [5.74, 6) is -1.55. The highest BCUT2D eigenvalue weighted by Gasteiger charge is 2.33. The Morgan fingerprint density at radius 2 is 1.55 bits per heavy atom. The fourth-order valence-electron chi connectivity index (χ4n) is 2.94. The minimum absolute atomic E-state index is 0.150. The van der Waals surface area contributed by atoms with Gasteiger partial charge in [0.05, 0.1) is 6.61 Å². The van der Waals surface area contributed by atoms with E-state index in [-0.39, 0.29) is 12.2 Å². The van der Waals surface area contributed by atoms with Crippen molar-refractivity contribution in [1.29, 1.82) is 0 Å². The van der Waals surface area contributed by atoms with E-state index in [4.69, 9.17) is 15.1 Å². The molecule has 0 aliphatic heterocycles. The molecule has 1 atom stereocenters. The summed E-state index contributed by atoms with van der Waals surface area (Å²) in [5.41, 5.74) is 3.50. The summed E-state index contributed by atoms with van der Waals surface area (Å²) in [5, 5.41) is 19.9. The maximum Gasteiger partial charge on any atom is 0.275 e. The average molecular weight is 429 g/mol. The molecule has 0 spiro atoms. The fraction of sp³-hybridized carbons (Fsp3) is 0.318. The Hall–Kier alpha value is -3.43. The topological polar surface area (TPSA) is 128 Å². The van der Waals surface area contributed by atoms with Crippen LogP contribution in [0.2, 0.25) is 0 Å². The molecule has 2 aromatic rings. The van der Waals surface area contributed by atoms with Gasteiger partial charge in [0.15, 0.2) is 6.04 Å². The van der Waals surface area contributed by atoms with Gasteiger partial charge < -0.3 is 20.1 Å². The van der Waals surface area contributed by atoms with E-state index in [1.807, 2.05) is 24.3 Å². The predicted octanol–water partition coefficient (Wildman–Crippen LogP) is 1.20. The molecule has 2 rings (SSSR count). The molecule has 0 radical (unpaired) electrons. The molecule has 4 N–H and O–H groups in total. The Balaban J connectivity index is 2.09. The number of hydrogen-bond donors (Lipinski definition) is 4. The number of aliphatic hydroxyl groups is 1. The second-order valence-electron chi connectivity index (χ2n) is 6.79. The standard InChI is InChI=1S/C22H27N3O6/c1-23-20(27)19(21(28)24-30)25(2)22(29)17-7-5-15(6-8-17)16-9-11-18(12-10-16)31-14-4-3-13-26/h5-12,19,26,30H,3-4,13-14H2,1-2H3,(H,23,27)(H,24,28). The van der Waals surface area contributed by atoms with Gasteiger partial charge in [-0.05, 0) is 48.2 Å². The molecule has 1 unspecified atom stereocenters. The van der Waals surface area contributed by atoms with Gasteiger partial charge in [0, 0.05) is 26.3 Å². The first-order valence-corrected chi connectivity index (χ1v) is 9.79. The first kappa shape index (κ1) is 23.8. The van der Waals surface area contributed by atoms with Crippen LogP contribution in [0.1, 0.15) is 23.2 Å². The van der Waals surface area contributed by atoms with Crippen molar-refractivity contribution in [3.05, 3.63) is 54.1 Å². The Bertz CT molecular complexity index is 867. The molecule has 166 valence electrons. The number of aliphatic hydroxyl groups excluding tert-OH is 1. The van der Waals surface area contributed by atoms with Crippen LogP contribution in [0.25, 0.3) is 11.1 Å². The van der Waals surface area contributed by atoms with Crippen LogP contribution in [0.5, 0.6) is 5.75 Å². The van der Waals surface area contributed by atoms with Crippen molar-refractivity contribution in [2.45, 2.75) is 18.9 Å². The molecule has 9 nitrogen and oxygen atoms in total. The largest absolute Gasteiger partial charge is 0.494 e. The Morgan fingerprint density at radius 1 is 0.968 bits per heavy atom. The minimum Gasteiger partial charge on any atom is -0.494 e. The molecule has 0 aromatic heterocycles. The van der Waals surface area contributed by atoms with Crippen molar-refractivity contribution in [3.8, 4) is 16.9 Å². The number of rotatable bonds is 10. The summed E-state index contributed by atoms with van der Waals surface area (Å²) in [4.78, 5) is 37.5. The highest BCUT2D eigenvalue weighted by Crippen LogP contribution is 2.23. The smallest absolute Gasteiger partial charge is 0.275 e. The van der Waals surface area contributed by atoms with Crippen LogP contribution < -0.4 is 15.5 Å². The Morgan fingerprint density at radius 3 is 2.06 bits per heavy atom. The zero-order chi connectivity index (χ0) is 22.8. The summed E-state index contributed by atoms with van der Waals surface area (Å²) in [7, 11) is 2.64. The molecule has 3 amide bonds. The highest BCUT2D eigenvalue weighted by molar-refractivity contribution is 6.08. The van der Waals surface area contributed by atoms with Crippen LogP contribution in [0.3, 0.4) is 0 Å². The van der Waals surface area contributed by atoms with Crippen molar-refractivity contribution < 1.29 is 29.4 Å². The molecule has 0 heterocycles. The molecular weight excluding hydrogens is 402 g/mol. The van der Waals surface area contributed by atoms with E-state index in [1.54, 1.807) is 24.3 Å². The van der Waals surface area contributed by atoms with Crippen molar-refractivity contribution in [3.63, 3.8) is 0 Å². The molecule has 9 heteroatoms. The van der Waals surface area contributed by atoms with E-state index in [1.165, 1.54) is 19.6 Å². The second kappa shape index (κ2) is 11.7. The molecule has 2 aromatic carbocycles. The van der Waals surface area contributed by atoms with E-state index < -0.39 is 23.8 Å². The number of carbonyl (C=O) groups is 3. The first-order valence-electron chi connectivity index (χ1n) is 9.79. The van der Waals surface area contributed by atoms with E-state index in [2.05, 4.69) is 5.32 Å². The number of ether oxygens (including phenoxy) is 1. The van der Waals surface area contributed by atoms with Crippen LogP contribution in [-0.2, 0) is 9.59 Å². The van der Waals surface area contributed by atoms with Crippen LogP contribution in [0.4, 0.5) is 0 Å². The van der Waals surface area contributed by atoms with Crippen LogP contribution in [0.15, 0.2) is 48.5 Å². The second-order valence-corrected chi connectivity index (χ2v) is 6.79. The molecule has 0 fully saturated rings. The van der Waals surface area contributed by atoms with Crippen LogP contribution >= 0.6 is 0 Å². The summed E-state index contributed by atoms with van der Waals surface area (Å²) in [6.07, 6.45) is 1.48. The van der Waals surface area contributed by atoms with Gasteiger partial charge in [-0.25, -0.2) is 5.48 Å². The van der Waals surface area contributed by atoms with E-state index in [0.29, 0.717) is 13.0 Å². The summed E-state index contributed by atoms with van der Waals surface area (Å²) in [6.45, 7) is 0.688. The lowest BCUT2D eigenvalue weighted by Gasteiger charge is -2.25. The normalized spacial score (nSPS) is 11.4. The zero-order valence-corrected chi connectivity index (χ0v) is 17.5. The van der Waals surface area contributed by atoms with Gasteiger partial charge in [-0.15, -0.1) is 0 Å². The highest BCUT2D eigenvalue weighted by atomic mass is 16.5. The summed E-state index contributed by atoms with van der Waals surface area (Å²) >= 11 is 0. The Kier molecular flexibility index (Phi) is 8.98. The third-order valence-electron chi connectivity index (χ3n) is 4.70. The van der Waals surface area contributed by atoms with Gasteiger partial charge in [-0.1, -0.05) is 24.3 Å². The third kappa shape index (κ3) is 6.27. The van der Waals surface area contributed by atoms with Gasteiger partial charge in [0.2, 0.25) is 0 Å². The first-order chi connectivity index (χ1) is 14.9. The van der Waals surface area contributed by atoms with Gasteiger partial charge in [0.25, 0.3) is 17.7 Å². The number of benzene rings is 2. The van der Waals surface area contributed by atoms with Gasteiger partial charge in [-0.2, -0.15) is 0 Å². The van der Waals surface area contributed by atoms with Gasteiger partial charge in [-0.3, -0.25) is 19.6 Å². The fourth-order valence-corrected chi connectivity index (χ4v) is 2.94. The molecule has 0 aliphatic rings. The molecule has 0 bridgehead atoms. The number of likely N-dealkylation sites (N-methyl/N-ethyl adjacent to an activating group) is 2. The van der Waals surface area contributed by atoms with Gasteiger partial charge in [0.1, 0.15) is 5.75 Å². The SMILES string of the molecule is CNC(=O)C(C(=O)NO)N(C)C(=O)c1ccc(-c2ccc(OCCCCO)cc2)cc1. The molecule has 31 heavy (non-hydrogen) atoms. The lowest BCUT2D eigenvalue weighted by atomic mass is 10.0. The van der Waals surface area contributed by atoms with Gasteiger partial charge >= 0.3 is 0 Å². The van der Waals surface area contributed by atoms with E-state index in [0.717, 1.165) is 28.2 Å². The average Bonchev–Trinajstić information content (AvgIpc) is 2.81. The monoisotopic (exact) mass is 429 g/mol. The maximum atomic E-state index is 12.7. The zero-order valence-electron chi connectivity index (χ0n) is 17.5. The van der Waals surface area contributed by atoms with Crippen molar-refractivity contribution in [2.24, 2.45) is 0 Å². The minimum atomic E-state index is -1.51. The predicted molar refractivity (Wildman–Crippen MR) is 114 cm³/mol. The van der Waals surface area contributed by atoms with Crippen LogP contribution in [0, 0.1) is 0 Å². The lowest BCUT2D eigenvalue weighted by Crippen LogP contribution is -2.54. The number of nitrogens with zero attached hydrogens (tertiary/aromatic N) is 1. The molecule has 0 aliphatic carbocycles. The van der Waals surface area contributed by atoms with Crippen molar-refractivity contribution in [1.82, 2.24) is 15.7 Å². The van der Waals surface area contributed by atoms with E-state index >= 15 is 0 Å².